The maximum atomic E-state index is 11.9. The molecule has 0 fully saturated rings. The van der Waals surface area contributed by atoms with Gasteiger partial charge in [0.05, 0.1) is 6.10 Å². The molecule has 7 nitrogen and oxygen atoms in total. The van der Waals surface area contributed by atoms with Gasteiger partial charge in [0, 0.05) is 41.8 Å². The Morgan fingerprint density at radius 3 is 2.53 bits per heavy atom. The van der Waals surface area contributed by atoms with Crippen molar-refractivity contribution in [2.75, 3.05) is 12.3 Å². The van der Waals surface area contributed by atoms with E-state index in [9.17, 15) is 15.0 Å². The number of aromatic carboxylic acids is 1. The summed E-state index contributed by atoms with van der Waals surface area (Å²) >= 11 is 0. The molecular weight excluding hydrogens is 452 g/mol. The van der Waals surface area contributed by atoms with Gasteiger partial charge < -0.3 is 25.8 Å². The Morgan fingerprint density at radius 1 is 1.09 bits per heavy atom. The monoisotopic (exact) mass is 480 g/mol. The van der Waals surface area contributed by atoms with Crippen molar-refractivity contribution in [2.24, 2.45) is 0 Å². The van der Waals surface area contributed by atoms with Crippen LogP contribution < -0.4 is 11.1 Å². The number of carbonyl (C=O) groups is 1. The van der Waals surface area contributed by atoms with E-state index in [2.05, 4.69) is 17.2 Å². The van der Waals surface area contributed by atoms with Crippen LogP contribution in [0.1, 0.15) is 40.2 Å². The maximum absolute atomic E-state index is 11.9. The number of nitrogen functional groups attached to an aromatic ring is 1. The van der Waals surface area contributed by atoms with E-state index in [4.69, 9.17) is 5.73 Å². The average Bonchev–Trinajstić information content (AvgIpc) is 3.16. The lowest BCUT2D eigenvalue weighted by atomic mass is 10.0. The number of rotatable bonds is 9. The number of aromatic nitrogens is 2. The van der Waals surface area contributed by atoms with Gasteiger partial charge in [-0.15, -0.1) is 12.4 Å². The molecule has 0 aliphatic rings. The van der Waals surface area contributed by atoms with Gasteiger partial charge in [-0.05, 0) is 48.7 Å². The minimum Gasteiger partial charge on any atom is -0.477 e. The van der Waals surface area contributed by atoms with Gasteiger partial charge in [0.25, 0.3) is 0 Å². The van der Waals surface area contributed by atoms with Gasteiger partial charge in [0.2, 0.25) is 0 Å². The number of nitrogens with zero attached hydrogens (tertiary/aromatic N) is 2. The third-order valence-electron chi connectivity index (χ3n) is 5.76. The molecule has 0 saturated heterocycles. The number of halogens is 1. The molecule has 2 atom stereocenters. The van der Waals surface area contributed by atoms with Gasteiger partial charge in [-0.2, -0.15) is 0 Å². The third-order valence-corrected chi connectivity index (χ3v) is 5.76. The molecule has 0 aliphatic carbocycles. The van der Waals surface area contributed by atoms with Crippen LogP contribution in [-0.2, 0) is 13.0 Å². The summed E-state index contributed by atoms with van der Waals surface area (Å²) in [6.07, 6.45) is 1.66. The number of aliphatic hydroxyl groups excluding tert-OH is 1. The molecular formula is C26H29ClN4O3. The first-order valence-electron chi connectivity index (χ1n) is 10.9. The van der Waals surface area contributed by atoms with Gasteiger partial charge in [-0.3, -0.25) is 0 Å². The highest BCUT2D eigenvalue weighted by Crippen LogP contribution is 2.24. The Kier molecular flexibility index (Phi) is 8.28. The quantitative estimate of drug-likeness (QED) is 0.287. The second-order valence-corrected chi connectivity index (χ2v) is 8.35. The third kappa shape index (κ3) is 5.94. The molecule has 0 aliphatic heterocycles. The Hall–Kier alpha value is -3.39. The zero-order valence-corrected chi connectivity index (χ0v) is 19.7. The van der Waals surface area contributed by atoms with Gasteiger partial charge in [0.15, 0.2) is 0 Å². The van der Waals surface area contributed by atoms with Crippen LogP contribution in [0.5, 0.6) is 0 Å². The lowest BCUT2D eigenvalue weighted by Gasteiger charge is -2.17. The number of benzene rings is 2. The van der Waals surface area contributed by atoms with Crippen molar-refractivity contribution in [3.8, 4) is 0 Å². The van der Waals surface area contributed by atoms with E-state index in [-0.39, 0.29) is 24.1 Å². The Bertz CT molecular complexity index is 1240. The van der Waals surface area contributed by atoms with E-state index in [0.29, 0.717) is 24.5 Å². The predicted octanol–water partition coefficient (Wildman–Crippen LogP) is 4.04. The average molecular weight is 481 g/mol. The van der Waals surface area contributed by atoms with Crippen molar-refractivity contribution in [3.05, 3.63) is 95.3 Å². The summed E-state index contributed by atoms with van der Waals surface area (Å²) in [5.74, 6) is -0.517. The highest BCUT2D eigenvalue weighted by molar-refractivity contribution is 5.95. The lowest BCUT2D eigenvalue weighted by molar-refractivity contribution is 0.0686. The summed E-state index contributed by atoms with van der Waals surface area (Å²) in [5.41, 5.74) is 9.63. The van der Waals surface area contributed by atoms with E-state index < -0.39 is 12.1 Å². The van der Waals surface area contributed by atoms with Crippen molar-refractivity contribution < 1.29 is 15.0 Å². The standard InChI is InChI=1S/C26H28N4O3.ClH/c1-17(28-15-24(31)20-8-10-25(27)29-14-20)11-19-7-9-22-21(12-19)13-23(26(32)33)30(22)16-18-5-3-2-4-6-18;/h2-10,12-14,17,24,28,31H,11,15-16H2,1H3,(H2,27,29)(H,32,33);1H/t17-,24-;/m1./s1. The van der Waals surface area contributed by atoms with Crippen LogP contribution >= 0.6 is 12.4 Å². The highest BCUT2D eigenvalue weighted by atomic mass is 35.5. The van der Waals surface area contributed by atoms with E-state index >= 15 is 0 Å². The fourth-order valence-electron chi connectivity index (χ4n) is 4.03. The molecule has 8 heteroatoms. The molecule has 5 N–H and O–H groups in total. The number of aliphatic hydroxyl groups is 1. The van der Waals surface area contributed by atoms with E-state index in [1.54, 1.807) is 24.4 Å². The molecule has 0 saturated carbocycles. The molecule has 2 aromatic heterocycles. The van der Waals surface area contributed by atoms with Crippen molar-refractivity contribution in [1.82, 2.24) is 14.9 Å². The topological polar surface area (TPSA) is 113 Å². The fraction of sp³-hybridized carbons (Fsp3) is 0.231. The number of carboxylic acids is 1. The van der Waals surface area contributed by atoms with Crippen molar-refractivity contribution in [3.63, 3.8) is 0 Å². The number of carboxylic acid groups (broad SMARTS) is 1. The summed E-state index contributed by atoms with van der Waals surface area (Å²) in [7, 11) is 0. The lowest BCUT2D eigenvalue weighted by Crippen LogP contribution is -2.32. The predicted molar refractivity (Wildman–Crippen MR) is 136 cm³/mol. The molecule has 2 heterocycles. The van der Waals surface area contributed by atoms with Crippen LogP contribution in [0.3, 0.4) is 0 Å². The summed E-state index contributed by atoms with van der Waals surface area (Å²) in [5, 5.41) is 24.4. The first-order valence-corrected chi connectivity index (χ1v) is 10.9. The summed E-state index contributed by atoms with van der Waals surface area (Å²) in [6, 6.07) is 21.2. The maximum Gasteiger partial charge on any atom is 0.352 e. The van der Waals surface area contributed by atoms with Gasteiger partial charge in [-0.1, -0.05) is 42.5 Å². The van der Waals surface area contributed by atoms with Gasteiger partial charge in [0.1, 0.15) is 11.5 Å². The SMILES string of the molecule is C[C@H](Cc1ccc2c(c1)cc(C(=O)O)n2Cc1ccccc1)NC[C@@H](O)c1ccc(N)nc1.Cl. The molecule has 4 rings (SSSR count). The van der Waals surface area contributed by atoms with E-state index in [0.717, 1.165) is 28.5 Å². The number of anilines is 1. The number of pyridine rings is 1. The van der Waals surface area contributed by atoms with Gasteiger partial charge >= 0.3 is 5.97 Å². The normalized spacial score (nSPS) is 12.8. The van der Waals surface area contributed by atoms with Gasteiger partial charge in [-0.25, -0.2) is 9.78 Å². The fourth-order valence-corrected chi connectivity index (χ4v) is 4.03. The van der Waals surface area contributed by atoms with Crippen LogP contribution in [0.25, 0.3) is 10.9 Å². The van der Waals surface area contributed by atoms with Crippen LogP contribution in [-0.4, -0.2) is 38.3 Å². The first-order chi connectivity index (χ1) is 15.9. The molecule has 2 aromatic carbocycles. The number of nitrogens with two attached hydrogens (primary N) is 1. The highest BCUT2D eigenvalue weighted by Gasteiger charge is 2.16. The smallest absolute Gasteiger partial charge is 0.352 e. The molecule has 0 radical (unpaired) electrons. The number of hydrogen-bond acceptors (Lipinski definition) is 5. The molecule has 0 bridgehead atoms. The molecule has 0 unspecified atom stereocenters. The molecule has 0 spiro atoms. The minimum atomic E-state index is -0.940. The summed E-state index contributed by atoms with van der Waals surface area (Å²) in [4.78, 5) is 15.9. The second kappa shape index (κ2) is 11.2. The number of fused-ring (bicyclic) bond motifs is 1. The zero-order valence-electron chi connectivity index (χ0n) is 18.9. The first kappa shape index (κ1) is 25.2. The second-order valence-electron chi connectivity index (χ2n) is 8.35. The molecule has 34 heavy (non-hydrogen) atoms. The molecule has 0 amide bonds. The van der Waals surface area contributed by atoms with Crippen molar-refractivity contribution in [2.45, 2.75) is 32.0 Å². The van der Waals surface area contributed by atoms with E-state index in [1.165, 1.54) is 0 Å². The van der Waals surface area contributed by atoms with Crippen LogP contribution in [0.2, 0.25) is 0 Å². The Balaban J connectivity index is 0.00000324. The zero-order chi connectivity index (χ0) is 23.4. The van der Waals surface area contributed by atoms with E-state index in [1.807, 2.05) is 53.1 Å². The van der Waals surface area contributed by atoms with Crippen molar-refractivity contribution in [1.29, 1.82) is 0 Å². The largest absolute Gasteiger partial charge is 0.477 e. The number of nitrogens with one attached hydrogen (secondary N) is 1. The van der Waals surface area contributed by atoms with Crippen LogP contribution in [0.15, 0.2) is 72.9 Å². The Morgan fingerprint density at radius 2 is 1.85 bits per heavy atom. The summed E-state index contributed by atoms with van der Waals surface area (Å²) in [6.45, 7) is 2.95. The molecule has 178 valence electrons. The number of hydrogen-bond donors (Lipinski definition) is 4. The van der Waals surface area contributed by atoms with Crippen LogP contribution in [0.4, 0.5) is 5.82 Å². The Labute approximate surface area is 204 Å². The summed E-state index contributed by atoms with van der Waals surface area (Å²) < 4.78 is 1.84. The van der Waals surface area contributed by atoms with Crippen molar-refractivity contribution >= 4 is 35.1 Å². The minimum absolute atomic E-state index is 0. The molecule has 4 aromatic rings. The van der Waals surface area contributed by atoms with Crippen LogP contribution in [0, 0.1) is 0 Å².